The lowest BCUT2D eigenvalue weighted by atomic mass is 9.99. The van der Waals surface area contributed by atoms with E-state index in [0.29, 0.717) is 30.7 Å². The van der Waals surface area contributed by atoms with Crippen molar-refractivity contribution in [2.45, 2.75) is 25.3 Å². The molecule has 1 aromatic heterocycles. The molecule has 1 aliphatic carbocycles. The molecule has 0 saturated heterocycles. The highest BCUT2D eigenvalue weighted by molar-refractivity contribution is 5.97. The second-order valence-corrected chi connectivity index (χ2v) is 7.09. The molecule has 1 atom stereocenters. The summed E-state index contributed by atoms with van der Waals surface area (Å²) in [6.45, 7) is 0.0553. The van der Waals surface area contributed by atoms with Gasteiger partial charge in [-0.05, 0) is 48.2 Å². The number of carboxylic acids is 1. The molecule has 2 aromatic carbocycles. The molecule has 3 N–H and O–H groups in total. The van der Waals surface area contributed by atoms with Gasteiger partial charge in [-0.15, -0.1) is 0 Å². The first-order chi connectivity index (χ1) is 14.0. The van der Waals surface area contributed by atoms with Crippen molar-refractivity contribution >= 4 is 22.8 Å². The number of hydrogen-bond acceptors (Lipinski definition) is 4. The number of hydrogen-bond donors (Lipinski definition) is 2. The molecule has 4 rings (SSSR count). The number of rotatable bonds is 6. The van der Waals surface area contributed by atoms with Crippen molar-refractivity contribution < 1.29 is 19.4 Å². The number of carboxylic acid groups (broad SMARTS) is 1. The highest BCUT2D eigenvalue weighted by Crippen LogP contribution is 2.44. The number of nitrogens with two attached hydrogens (primary N) is 1. The minimum Gasteiger partial charge on any atom is -0.481 e. The number of primary amides is 1. The van der Waals surface area contributed by atoms with Crippen LogP contribution in [0.15, 0.2) is 42.5 Å². The van der Waals surface area contributed by atoms with E-state index in [9.17, 15) is 14.9 Å². The Bertz CT molecular complexity index is 1170. The van der Waals surface area contributed by atoms with Crippen LogP contribution in [-0.4, -0.2) is 28.2 Å². The average molecular weight is 389 g/mol. The second-order valence-electron chi connectivity index (χ2n) is 7.09. The molecule has 0 radical (unpaired) electrons. The molecular weight excluding hydrogens is 370 g/mol. The van der Waals surface area contributed by atoms with Gasteiger partial charge < -0.3 is 20.1 Å². The number of ether oxygens (including phenoxy) is 1. The molecule has 3 aromatic rings. The van der Waals surface area contributed by atoms with Crippen LogP contribution in [0.2, 0.25) is 0 Å². The van der Waals surface area contributed by atoms with E-state index < -0.39 is 24.4 Å². The number of amides is 1. The van der Waals surface area contributed by atoms with E-state index >= 15 is 0 Å². The van der Waals surface area contributed by atoms with Gasteiger partial charge in [0.05, 0.1) is 23.1 Å². The molecule has 0 bridgehead atoms. The third-order valence-corrected chi connectivity index (χ3v) is 5.31. The number of benzene rings is 2. The van der Waals surface area contributed by atoms with Crippen LogP contribution in [0.5, 0.6) is 5.75 Å². The third-order valence-electron chi connectivity index (χ3n) is 5.31. The smallest absolute Gasteiger partial charge is 0.341 e. The highest BCUT2D eigenvalue weighted by Gasteiger charge is 2.34. The lowest BCUT2D eigenvalue weighted by Gasteiger charge is -2.12. The minimum absolute atomic E-state index is 0.401. The van der Waals surface area contributed by atoms with Crippen molar-refractivity contribution in [3.63, 3.8) is 0 Å². The Kier molecular flexibility index (Phi) is 4.69. The zero-order valence-corrected chi connectivity index (χ0v) is 15.6. The lowest BCUT2D eigenvalue weighted by molar-refractivity contribution is -0.139. The van der Waals surface area contributed by atoms with Crippen molar-refractivity contribution in [1.29, 1.82) is 5.26 Å². The molecule has 1 amide bonds. The van der Waals surface area contributed by atoms with Crippen molar-refractivity contribution in [2.75, 3.05) is 6.61 Å². The van der Waals surface area contributed by atoms with Gasteiger partial charge in [-0.3, -0.25) is 4.79 Å². The summed E-state index contributed by atoms with van der Waals surface area (Å²) in [5.41, 5.74) is 9.87. The van der Waals surface area contributed by atoms with Crippen LogP contribution in [0.25, 0.3) is 10.9 Å². The van der Waals surface area contributed by atoms with E-state index in [1.807, 2.05) is 24.3 Å². The quantitative estimate of drug-likeness (QED) is 0.672. The highest BCUT2D eigenvalue weighted by atomic mass is 16.5. The minimum atomic E-state index is -1.07. The fourth-order valence-electron chi connectivity index (χ4n) is 4.17. The van der Waals surface area contributed by atoms with E-state index in [1.54, 1.807) is 18.2 Å². The predicted octanol–water partition coefficient (Wildman–Crippen LogP) is 2.54. The van der Waals surface area contributed by atoms with Crippen molar-refractivity contribution in [2.24, 2.45) is 5.73 Å². The summed E-state index contributed by atoms with van der Waals surface area (Å²) in [5.74, 6) is -1.48. The SMILES string of the molecule is N#Cc1cccc(Cn2c3c(c4c(OCC(=O)O)cccc42)C(C(N)=O)CC3)c1. The normalized spacial score (nSPS) is 15.1. The molecule has 146 valence electrons. The monoisotopic (exact) mass is 389 g/mol. The Morgan fingerprint density at radius 2 is 2.07 bits per heavy atom. The van der Waals surface area contributed by atoms with Crippen LogP contribution in [0.4, 0.5) is 0 Å². The largest absolute Gasteiger partial charge is 0.481 e. The van der Waals surface area contributed by atoms with Gasteiger partial charge in [0.2, 0.25) is 5.91 Å². The number of nitriles is 1. The molecule has 0 fully saturated rings. The third kappa shape index (κ3) is 3.29. The summed E-state index contributed by atoms with van der Waals surface area (Å²) in [4.78, 5) is 23.1. The molecule has 7 nitrogen and oxygen atoms in total. The molecule has 1 heterocycles. The van der Waals surface area contributed by atoms with Gasteiger partial charge in [-0.2, -0.15) is 5.26 Å². The summed E-state index contributed by atoms with van der Waals surface area (Å²) in [6.07, 6.45) is 1.30. The number of carbonyl (C=O) groups is 2. The second kappa shape index (κ2) is 7.32. The first-order valence-corrected chi connectivity index (χ1v) is 9.26. The molecule has 7 heteroatoms. The maximum atomic E-state index is 12.1. The topological polar surface area (TPSA) is 118 Å². The maximum absolute atomic E-state index is 12.1. The Morgan fingerprint density at radius 1 is 1.28 bits per heavy atom. The summed E-state index contributed by atoms with van der Waals surface area (Å²) in [7, 11) is 0. The van der Waals surface area contributed by atoms with Crippen molar-refractivity contribution in [1.82, 2.24) is 4.57 Å². The standard InChI is InChI=1S/C22H19N3O4/c23-10-13-3-1-4-14(9-13)11-25-16-5-2-6-18(29-12-19(26)27)21(16)20-15(22(24)28)7-8-17(20)25/h1-6,9,15H,7-8,11-12H2,(H2,24,28)(H,26,27). The van der Waals surface area contributed by atoms with Gasteiger partial charge in [0.15, 0.2) is 6.61 Å². The lowest BCUT2D eigenvalue weighted by Crippen LogP contribution is -2.19. The Morgan fingerprint density at radius 3 is 2.79 bits per heavy atom. The molecule has 1 unspecified atom stereocenters. The molecule has 0 aliphatic heterocycles. The van der Waals surface area contributed by atoms with Gasteiger partial charge in [0.25, 0.3) is 0 Å². The van der Waals surface area contributed by atoms with Gasteiger partial charge in [-0.25, -0.2) is 4.79 Å². The Balaban J connectivity index is 1.89. The number of aromatic nitrogens is 1. The zero-order chi connectivity index (χ0) is 20.5. The number of aliphatic carboxylic acids is 1. The molecule has 29 heavy (non-hydrogen) atoms. The average Bonchev–Trinajstić information content (AvgIpc) is 3.26. The Hall–Kier alpha value is -3.79. The van der Waals surface area contributed by atoms with Crippen LogP contribution in [0, 0.1) is 11.3 Å². The fourth-order valence-corrected chi connectivity index (χ4v) is 4.17. The number of nitrogens with zero attached hydrogens (tertiary/aromatic N) is 2. The van der Waals surface area contributed by atoms with E-state index in [0.717, 1.165) is 27.7 Å². The van der Waals surface area contributed by atoms with E-state index in [-0.39, 0.29) is 0 Å². The van der Waals surface area contributed by atoms with Gasteiger partial charge >= 0.3 is 5.97 Å². The number of carbonyl (C=O) groups excluding carboxylic acids is 1. The summed E-state index contributed by atoms with van der Waals surface area (Å²) < 4.78 is 7.63. The first-order valence-electron chi connectivity index (χ1n) is 9.26. The van der Waals surface area contributed by atoms with Gasteiger partial charge in [-0.1, -0.05) is 18.2 Å². The van der Waals surface area contributed by atoms with Crippen LogP contribution in [-0.2, 0) is 22.6 Å². The van der Waals surface area contributed by atoms with E-state index in [2.05, 4.69) is 10.6 Å². The van der Waals surface area contributed by atoms with Gasteiger partial charge in [0, 0.05) is 17.6 Å². The first kappa shape index (κ1) is 18.6. The molecular formula is C22H19N3O4. The molecule has 0 saturated carbocycles. The molecule has 0 spiro atoms. The van der Waals surface area contributed by atoms with Gasteiger partial charge in [0.1, 0.15) is 5.75 Å². The van der Waals surface area contributed by atoms with Crippen molar-refractivity contribution in [3.05, 3.63) is 64.8 Å². The van der Waals surface area contributed by atoms with Crippen LogP contribution in [0.3, 0.4) is 0 Å². The van der Waals surface area contributed by atoms with E-state index in [4.69, 9.17) is 15.6 Å². The summed E-state index contributed by atoms with van der Waals surface area (Å²) in [5, 5.41) is 18.9. The molecule has 1 aliphatic rings. The summed E-state index contributed by atoms with van der Waals surface area (Å²) >= 11 is 0. The Labute approximate surface area is 166 Å². The number of fused-ring (bicyclic) bond motifs is 3. The zero-order valence-electron chi connectivity index (χ0n) is 15.6. The summed E-state index contributed by atoms with van der Waals surface area (Å²) in [6, 6.07) is 15.0. The van der Waals surface area contributed by atoms with Crippen molar-refractivity contribution in [3.8, 4) is 11.8 Å². The van der Waals surface area contributed by atoms with Crippen LogP contribution < -0.4 is 10.5 Å². The van der Waals surface area contributed by atoms with Crippen LogP contribution >= 0.6 is 0 Å². The van der Waals surface area contributed by atoms with E-state index in [1.165, 1.54) is 0 Å². The fraction of sp³-hybridized carbons (Fsp3) is 0.227. The predicted molar refractivity (Wildman–Crippen MR) is 106 cm³/mol. The van der Waals surface area contributed by atoms with Crippen LogP contribution in [0.1, 0.15) is 34.7 Å². The maximum Gasteiger partial charge on any atom is 0.341 e.